The summed E-state index contributed by atoms with van der Waals surface area (Å²) in [5.41, 5.74) is 1.51. The molecule has 2 heterocycles. The van der Waals surface area contributed by atoms with Gasteiger partial charge in [0.05, 0.1) is 18.9 Å². The molecule has 2 rings (SSSR count). The maximum atomic E-state index is 5.36. The number of aromatic nitrogens is 5. The van der Waals surface area contributed by atoms with Crippen LogP contribution in [0.3, 0.4) is 0 Å². The van der Waals surface area contributed by atoms with E-state index in [2.05, 4.69) is 15.4 Å². The first-order valence-electron chi connectivity index (χ1n) is 5.44. The molecule has 0 aromatic carbocycles. The van der Waals surface area contributed by atoms with Crippen molar-refractivity contribution in [3.63, 3.8) is 0 Å². The van der Waals surface area contributed by atoms with Gasteiger partial charge >= 0.3 is 0 Å². The fraction of sp³-hybridized carbons (Fsp3) is 0.545. The summed E-state index contributed by atoms with van der Waals surface area (Å²) in [6, 6.07) is 0. The topological polar surface area (TPSA) is 57.8 Å². The van der Waals surface area contributed by atoms with Crippen molar-refractivity contribution in [3.8, 4) is 0 Å². The number of methoxy groups -OCH3 is 1. The minimum atomic E-state index is -0.410. The van der Waals surface area contributed by atoms with Gasteiger partial charge in [-0.15, -0.1) is 5.10 Å². The van der Waals surface area contributed by atoms with Gasteiger partial charge in [0.25, 0.3) is 0 Å². The Labute approximate surface area is 100 Å². The highest BCUT2D eigenvalue weighted by Gasteiger charge is 2.23. The largest absolute Gasteiger partial charge is 0.372 e. The van der Waals surface area contributed by atoms with Crippen molar-refractivity contribution in [2.45, 2.75) is 26.0 Å². The predicted octanol–water partition coefficient (Wildman–Crippen LogP) is 0.941. The smallest absolute Gasteiger partial charge is 0.114 e. The van der Waals surface area contributed by atoms with E-state index in [1.807, 2.05) is 39.5 Å². The van der Waals surface area contributed by atoms with Gasteiger partial charge in [-0.3, -0.25) is 4.68 Å². The molecule has 0 N–H and O–H groups in total. The lowest BCUT2D eigenvalue weighted by Gasteiger charge is -2.18. The molecule has 0 atom stereocenters. The first-order valence-corrected chi connectivity index (χ1v) is 5.44. The van der Waals surface area contributed by atoms with Crippen LogP contribution in [0.4, 0.5) is 0 Å². The highest BCUT2D eigenvalue weighted by Crippen LogP contribution is 2.20. The lowest BCUT2D eigenvalue weighted by atomic mass is 10.1. The molecule has 0 saturated heterocycles. The maximum absolute atomic E-state index is 5.36. The van der Waals surface area contributed by atoms with Gasteiger partial charge in [-0.1, -0.05) is 5.21 Å². The number of hydrogen-bond acceptors (Lipinski definition) is 4. The Morgan fingerprint density at radius 2 is 2.12 bits per heavy atom. The van der Waals surface area contributed by atoms with Crippen LogP contribution in [0, 0.1) is 0 Å². The van der Waals surface area contributed by atoms with Crippen LogP contribution in [-0.4, -0.2) is 31.9 Å². The zero-order valence-corrected chi connectivity index (χ0v) is 10.6. The van der Waals surface area contributed by atoms with Gasteiger partial charge in [0.1, 0.15) is 11.3 Å². The summed E-state index contributed by atoms with van der Waals surface area (Å²) in [5.74, 6) is 0. The molecular weight excluding hydrogens is 218 g/mol. The fourth-order valence-corrected chi connectivity index (χ4v) is 1.50. The van der Waals surface area contributed by atoms with E-state index < -0.39 is 5.60 Å². The number of hydrogen-bond donors (Lipinski definition) is 0. The van der Waals surface area contributed by atoms with Crippen LogP contribution in [0.15, 0.2) is 18.6 Å². The first kappa shape index (κ1) is 11.8. The van der Waals surface area contributed by atoms with Gasteiger partial charge in [-0.05, 0) is 13.8 Å². The summed E-state index contributed by atoms with van der Waals surface area (Å²) in [4.78, 5) is 0. The van der Waals surface area contributed by atoms with E-state index >= 15 is 0 Å². The molecule has 0 aliphatic carbocycles. The summed E-state index contributed by atoms with van der Waals surface area (Å²) in [7, 11) is 3.56. The molecule has 6 heteroatoms. The highest BCUT2D eigenvalue weighted by atomic mass is 16.5. The third kappa shape index (κ3) is 2.52. The van der Waals surface area contributed by atoms with E-state index in [9.17, 15) is 0 Å². The predicted molar refractivity (Wildman–Crippen MR) is 62.4 cm³/mol. The standard InChI is InChI=1S/C11H17N5O/c1-11(2,17-4)10-8-16(14-13-10)7-9-5-12-15(3)6-9/h5-6,8H,7H2,1-4H3. The Morgan fingerprint density at radius 3 is 2.71 bits per heavy atom. The normalized spacial score (nSPS) is 12.0. The van der Waals surface area contributed by atoms with Gasteiger partial charge in [0.15, 0.2) is 0 Å². The minimum absolute atomic E-state index is 0.410. The summed E-state index contributed by atoms with van der Waals surface area (Å²) in [5, 5.41) is 12.3. The first-order chi connectivity index (χ1) is 8.01. The third-order valence-electron chi connectivity index (χ3n) is 2.77. The van der Waals surface area contributed by atoms with Crippen LogP contribution in [0.25, 0.3) is 0 Å². The zero-order chi connectivity index (χ0) is 12.5. The Balaban J connectivity index is 2.14. The third-order valence-corrected chi connectivity index (χ3v) is 2.77. The SMILES string of the molecule is COC(C)(C)c1cn(Cc2cnn(C)c2)nn1. The monoisotopic (exact) mass is 235 g/mol. The molecule has 6 nitrogen and oxygen atoms in total. The van der Waals surface area contributed by atoms with E-state index in [1.165, 1.54) is 0 Å². The average Bonchev–Trinajstić information content (AvgIpc) is 2.89. The number of nitrogens with zero attached hydrogens (tertiary/aromatic N) is 5. The molecule has 0 spiro atoms. The van der Waals surface area contributed by atoms with Gasteiger partial charge in [0.2, 0.25) is 0 Å². The molecule has 2 aromatic heterocycles. The van der Waals surface area contributed by atoms with Crippen LogP contribution >= 0.6 is 0 Å². The van der Waals surface area contributed by atoms with Crippen LogP contribution < -0.4 is 0 Å². The Hall–Kier alpha value is -1.69. The fourth-order valence-electron chi connectivity index (χ4n) is 1.50. The molecule has 17 heavy (non-hydrogen) atoms. The van der Waals surface area contributed by atoms with E-state index in [4.69, 9.17) is 4.74 Å². The van der Waals surface area contributed by atoms with Crippen LogP contribution in [0.1, 0.15) is 25.1 Å². The van der Waals surface area contributed by atoms with Gasteiger partial charge in [-0.2, -0.15) is 5.10 Å². The molecule has 0 unspecified atom stereocenters. The Kier molecular flexibility index (Phi) is 2.97. The molecule has 2 aromatic rings. The van der Waals surface area contributed by atoms with E-state index in [0.717, 1.165) is 11.3 Å². The molecule has 0 amide bonds. The summed E-state index contributed by atoms with van der Waals surface area (Å²) in [6.45, 7) is 4.59. The van der Waals surface area contributed by atoms with Crippen molar-refractivity contribution < 1.29 is 4.74 Å². The number of aryl methyl sites for hydroxylation is 1. The van der Waals surface area contributed by atoms with Gasteiger partial charge < -0.3 is 4.74 Å². The second-order valence-corrected chi connectivity index (χ2v) is 4.54. The molecular formula is C11H17N5O. The Morgan fingerprint density at radius 1 is 1.35 bits per heavy atom. The van der Waals surface area contributed by atoms with Crippen molar-refractivity contribution in [1.82, 2.24) is 24.8 Å². The van der Waals surface area contributed by atoms with E-state index in [1.54, 1.807) is 16.5 Å². The lowest BCUT2D eigenvalue weighted by molar-refractivity contribution is 0.0154. The molecule has 0 bridgehead atoms. The van der Waals surface area contributed by atoms with Crippen molar-refractivity contribution in [3.05, 3.63) is 29.8 Å². The number of ether oxygens (including phenoxy) is 1. The Bertz CT molecular complexity index is 499. The average molecular weight is 235 g/mol. The second kappa shape index (κ2) is 4.29. The molecule has 0 saturated carbocycles. The summed E-state index contributed by atoms with van der Waals surface area (Å²) in [6.07, 6.45) is 5.68. The van der Waals surface area contributed by atoms with Crippen molar-refractivity contribution in [1.29, 1.82) is 0 Å². The minimum Gasteiger partial charge on any atom is -0.372 e. The van der Waals surface area contributed by atoms with E-state index in [0.29, 0.717) is 6.54 Å². The summed E-state index contributed by atoms with van der Waals surface area (Å²) < 4.78 is 8.91. The molecule has 92 valence electrons. The molecule has 0 aliphatic rings. The van der Waals surface area contributed by atoms with Crippen molar-refractivity contribution in [2.75, 3.05) is 7.11 Å². The molecule has 0 fully saturated rings. The second-order valence-electron chi connectivity index (χ2n) is 4.54. The van der Waals surface area contributed by atoms with Gasteiger partial charge in [-0.25, -0.2) is 4.68 Å². The van der Waals surface area contributed by atoms with Crippen molar-refractivity contribution >= 4 is 0 Å². The van der Waals surface area contributed by atoms with Crippen LogP contribution in [0.5, 0.6) is 0 Å². The van der Waals surface area contributed by atoms with Crippen LogP contribution in [0.2, 0.25) is 0 Å². The zero-order valence-electron chi connectivity index (χ0n) is 10.6. The highest BCUT2D eigenvalue weighted by molar-refractivity contribution is 5.07. The quantitative estimate of drug-likeness (QED) is 0.791. The maximum Gasteiger partial charge on any atom is 0.114 e. The number of rotatable bonds is 4. The molecule has 0 radical (unpaired) electrons. The van der Waals surface area contributed by atoms with Crippen molar-refractivity contribution in [2.24, 2.45) is 7.05 Å². The lowest BCUT2D eigenvalue weighted by Crippen LogP contribution is -2.19. The summed E-state index contributed by atoms with van der Waals surface area (Å²) >= 11 is 0. The van der Waals surface area contributed by atoms with E-state index in [-0.39, 0.29) is 0 Å². The van der Waals surface area contributed by atoms with Gasteiger partial charge in [0, 0.05) is 25.9 Å². The van der Waals surface area contributed by atoms with Crippen LogP contribution in [-0.2, 0) is 23.9 Å². The molecule has 0 aliphatic heterocycles.